The molecule has 1 aliphatic heterocycles. The molecule has 3 N–H and O–H groups in total. The third-order valence-corrected chi connectivity index (χ3v) is 5.08. The molecule has 1 aromatic carbocycles. The van der Waals surface area contributed by atoms with Gasteiger partial charge in [-0.1, -0.05) is 12.1 Å². The van der Waals surface area contributed by atoms with Crippen molar-refractivity contribution in [3.8, 4) is 0 Å². The lowest BCUT2D eigenvalue weighted by Crippen LogP contribution is -2.34. The van der Waals surface area contributed by atoms with Crippen LogP contribution in [0.15, 0.2) is 24.3 Å². The number of nitrogens with one attached hydrogen (secondary N) is 1. The van der Waals surface area contributed by atoms with Crippen LogP contribution in [0.1, 0.15) is 12.0 Å². The molecule has 0 spiro atoms. The van der Waals surface area contributed by atoms with E-state index >= 15 is 0 Å². The van der Waals surface area contributed by atoms with Crippen molar-refractivity contribution in [1.82, 2.24) is 0 Å². The van der Waals surface area contributed by atoms with E-state index in [1.807, 2.05) is 30.1 Å². The fraction of sp³-hybridized carbons (Fsp3) is 0.417. The summed E-state index contributed by atoms with van der Waals surface area (Å²) in [4.78, 5) is 1.92. The summed E-state index contributed by atoms with van der Waals surface area (Å²) in [5.41, 5.74) is 7.00. The molecule has 0 saturated carbocycles. The zero-order valence-corrected chi connectivity index (χ0v) is 11.1. The molecule has 0 amide bonds. The molecule has 2 rings (SSSR count). The molecule has 1 saturated heterocycles. The molecule has 0 bridgehead atoms. The normalized spacial score (nSPS) is 21.7. The number of nitrogens with two attached hydrogens (primary N) is 1. The Morgan fingerprint density at radius 2 is 2.11 bits per heavy atom. The molecule has 0 radical (unpaired) electrons. The summed E-state index contributed by atoms with van der Waals surface area (Å²) in [6.45, 7) is 0. The number of rotatable bonds is 3. The maximum absolute atomic E-state index is 11.5. The van der Waals surface area contributed by atoms with Gasteiger partial charge < -0.3 is 10.6 Å². The number of benzene rings is 1. The van der Waals surface area contributed by atoms with Gasteiger partial charge in [-0.3, -0.25) is 5.41 Å². The lowest BCUT2D eigenvalue weighted by Gasteiger charge is -2.27. The summed E-state index contributed by atoms with van der Waals surface area (Å²) in [5.74, 6) is 0.415. The number of amidine groups is 1. The van der Waals surface area contributed by atoms with Gasteiger partial charge in [0.15, 0.2) is 9.84 Å². The second-order valence-corrected chi connectivity index (χ2v) is 6.83. The topological polar surface area (TPSA) is 87.2 Å². The first-order valence-corrected chi connectivity index (χ1v) is 7.59. The smallest absolute Gasteiger partial charge is 0.152 e. The SMILES string of the molecule is CN(c1ccccc1C(=N)N)C1CCS(=O)(=O)C1. The largest absolute Gasteiger partial charge is 0.384 e. The summed E-state index contributed by atoms with van der Waals surface area (Å²) in [5, 5.41) is 7.55. The highest BCUT2D eigenvalue weighted by atomic mass is 32.2. The summed E-state index contributed by atoms with van der Waals surface area (Å²) in [6.07, 6.45) is 0.630. The van der Waals surface area contributed by atoms with Gasteiger partial charge in [0.05, 0.1) is 11.5 Å². The van der Waals surface area contributed by atoms with Gasteiger partial charge in [-0.05, 0) is 18.6 Å². The number of nitrogens with zero attached hydrogens (tertiary/aromatic N) is 1. The molecule has 18 heavy (non-hydrogen) atoms. The second-order valence-electron chi connectivity index (χ2n) is 4.60. The predicted octanol–water partition coefficient (Wildman–Crippen LogP) is 0.594. The van der Waals surface area contributed by atoms with Crippen molar-refractivity contribution in [1.29, 1.82) is 5.41 Å². The second kappa shape index (κ2) is 4.61. The number of para-hydroxylation sites is 1. The van der Waals surface area contributed by atoms with Crippen LogP contribution in [0.4, 0.5) is 5.69 Å². The van der Waals surface area contributed by atoms with Crippen LogP contribution >= 0.6 is 0 Å². The summed E-state index contributed by atoms with van der Waals surface area (Å²) in [7, 11) is -1.05. The van der Waals surface area contributed by atoms with E-state index in [9.17, 15) is 8.42 Å². The van der Waals surface area contributed by atoms with Crippen LogP contribution in [0.3, 0.4) is 0 Å². The van der Waals surface area contributed by atoms with Crippen LogP contribution in [-0.2, 0) is 9.84 Å². The zero-order valence-electron chi connectivity index (χ0n) is 10.3. The number of anilines is 1. The average molecular weight is 267 g/mol. The molecular formula is C12H17N3O2S. The molecule has 0 aliphatic carbocycles. The van der Waals surface area contributed by atoms with Gasteiger partial charge in [0.25, 0.3) is 0 Å². The van der Waals surface area contributed by atoms with Crippen molar-refractivity contribution < 1.29 is 8.42 Å². The summed E-state index contributed by atoms with van der Waals surface area (Å²) in [6, 6.07) is 7.29. The fourth-order valence-corrected chi connectivity index (χ4v) is 4.06. The van der Waals surface area contributed by atoms with Gasteiger partial charge in [-0.2, -0.15) is 0 Å². The quantitative estimate of drug-likeness (QED) is 0.620. The summed E-state index contributed by atoms with van der Waals surface area (Å²) < 4.78 is 23.0. The van der Waals surface area contributed by atoms with Crippen LogP contribution in [0.5, 0.6) is 0 Å². The van der Waals surface area contributed by atoms with Gasteiger partial charge in [-0.15, -0.1) is 0 Å². The minimum atomic E-state index is -2.91. The molecule has 5 nitrogen and oxygen atoms in total. The van der Waals surface area contributed by atoms with Crippen molar-refractivity contribution in [2.45, 2.75) is 12.5 Å². The highest BCUT2D eigenvalue weighted by Gasteiger charge is 2.31. The molecule has 98 valence electrons. The van der Waals surface area contributed by atoms with Gasteiger partial charge in [-0.25, -0.2) is 8.42 Å². The minimum Gasteiger partial charge on any atom is -0.384 e. The lowest BCUT2D eigenvalue weighted by atomic mass is 10.1. The molecule has 6 heteroatoms. The van der Waals surface area contributed by atoms with Crippen molar-refractivity contribution in [3.63, 3.8) is 0 Å². The van der Waals surface area contributed by atoms with Gasteiger partial charge in [0.1, 0.15) is 5.84 Å². The zero-order chi connectivity index (χ0) is 13.3. The predicted molar refractivity (Wildman–Crippen MR) is 72.9 cm³/mol. The maximum Gasteiger partial charge on any atom is 0.152 e. The highest BCUT2D eigenvalue weighted by molar-refractivity contribution is 7.91. The molecule has 1 fully saturated rings. The Balaban J connectivity index is 2.30. The van der Waals surface area contributed by atoms with E-state index in [-0.39, 0.29) is 23.4 Å². The molecule has 1 heterocycles. The Morgan fingerprint density at radius 1 is 1.44 bits per heavy atom. The maximum atomic E-state index is 11.5. The van der Waals surface area contributed by atoms with Crippen molar-refractivity contribution in [2.75, 3.05) is 23.5 Å². The van der Waals surface area contributed by atoms with E-state index in [0.717, 1.165) is 5.69 Å². The number of nitrogen functional groups attached to an aromatic ring is 1. The average Bonchev–Trinajstić information content (AvgIpc) is 2.68. The first-order chi connectivity index (χ1) is 8.41. The first kappa shape index (κ1) is 12.9. The first-order valence-electron chi connectivity index (χ1n) is 5.77. The van der Waals surface area contributed by atoms with Crippen molar-refractivity contribution in [3.05, 3.63) is 29.8 Å². The van der Waals surface area contributed by atoms with Crippen molar-refractivity contribution in [2.24, 2.45) is 5.73 Å². The van der Waals surface area contributed by atoms with E-state index < -0.39 is 9.84 Å². The summed E-state index contributed by atoms with van der Waals surface area (Å²) >= 11 is 0. The molecule has 1 atom stereocenters. The van der Waals surface area contributed by atoms with Crippen LogP contribution in [-0.4, -0.2) is 38.8 Å². The Morgan fingerprint density at radius 3 is 2.67 bits per heavy atom. The number of hydrogen-bond acceptors (Lipinski definition) is 4. The molecule has 1 unspecified atom stereocenters. The van der Waals surface area contributed by atoms with Gasteiger partial charge in [0.2, 0.25) is 0 Å². The lowest BCUT2D eigenvalue weighted by molar-refractivity contribution is 0.601. The fourth-order valence-electron chi connectivity index (χ4n) is 2.29. The molecule has 1 aliphatic rings. The number of sulfone groups is 1. The van der Waals surface area contributed by atoms with E-state index in [1.165, 1.54) is 0 Å². The molecule has 1 aromatic rings. The third-order valence-electron chi connectivity index (χ3n) is 3.33. The standard InChI is InChI=1S/C12H17N3O2S/c1-15(9-6-7-18(16,17)8-9)11-5-3-2-4-10(11)12(13)14/h2-5,9H,6-8H2,1H3,(H3,13,14). The molecule has 0 aromatic heterocycles. The minimum absolute atomic E-state index is 0.00157. The Labute approximate surface area is 107 Å². The molecular weight excluding hydrogens is 250 g/mol. The van der Waals surface area contributed by atoms with E-state index in [1.54, 1.807) is 6.07 Å². The Bertz CT molecular complexity index is 568. The highest BCUT2D eigenvalue weighted by Crippen LogP contribution is 2.25. The Kier molecular flexibility index (Phi) is 3.30. The van der Waals surface area contributed by atoms with Crippen LogP contribution in [0.25, 0.3) is 0 Å². The Hall–Kier alpha value is -1.56. The van der Waals surface area contributed by atoms with Crippen LogP contribution in [0, 0.1) is 5.41 Å². The van der Waals surface area contributed by atoms with E-state index in [0.29, 0.717) is 12.0 Å². The number of hydrogen-bond donors (Lipinski definition) is 2. The van der Waals surface area contributed by atoms with Crippen LogP contribution < -0.4 is 10.6 Å². The van der Waals surface area contributed by atoms with Gasteiger partial charge in [0, 0.05) is 24.3 Å². The van der Waals surface area contributed by atoms with E-state index in [2.05, 4.69) is 0 Å². The van der Waals surface area contributed by atoms with Gasteiger partial charge >= 0.3 is 0 Å². The van der Waals surface area contributed by atoms with E-state index in [4.69, 9.17) is 11.1 Å². The van der Waals surface area contributed by atoms with Crippen molar-refractivity contribution >= 4 is 21.4 Å². The third kappa shape index (κ3) is 2.48. The monoisotopic (exact) mass is 267 g/mol. The van der Waals surface area contributed by atoms with Crippen LogP contribution in [0.2, 0.25) is 0 Å².